The molecule has 8 heteroatoms. The van der Waals surface area contributed by atoms with E-state index in [9.17, 15) is 19.8 Å². The van der Waals surface area contributed by atoms with E-state index in [0.717, 1.165) is 48.2 Å². The van der Waals surface area contributed by atoms with Gasteiger partial charge in [0, 0.05) is 23.5 Å². The third kappa shape index (κ3) is 12.6. The number of nitrogens with one attached hydrogen (secondary N) is 2. The minimum atomic E-state index is -1.66. The summed E-state index contributed by atoms with van der Waals surface area (Å²) in [4.78, 5) is 26.3. The van der Waals surface area contributed by atoms with E-state index in [4.69, 9.17) is 9.47 Å². The number of aliphatic hydroxyl groups is 2. The zero-order valence-corrected chi connectivity index (χ0v) is 30.2. The van der Waals surface area contributed by atoms with Crippen molar-refractivity contribution in [3.8, 4) is 0 Å². The smallest absolute Gasteiger partial charge is 0.341 e. The Morgan fingerprint density at radius 1 is 0.653 bits per heavy atom. The van der Waals surface area contributed by atoms with Gasteiger partial charge in [-0.25, -0.2) is 9.59 Å². The fourth-order valence-electron chi connectivity index (χ4n) is 7.12. The number of esters is 2. The summed E-state index contributed by atoms with van der Waals surface area (Å²) in [5.74, 6) is -1.47. The first kappa shape index (κ1) is 38.7. The average Bonchev–Trinajstić information content (AvgIpc) is 3.72. The van der Waals surface area contributed by atoms with Crippen molar-refractivity contribution in [3.05, 3.63) is 58.7 Å². The van der Waals surface area contributed by atoms with Crippen LogP contribution < -0.4 is 10.6 Å². The van der Waals surface area contributed by atoms with Gasteiger partial charge < -0.3 is 30.3 Å². The highest BCUT2D eigenvalue weighted by atomic mass is 16.7. The van der Waals surface area contributed by atoms with Gasteiger partial charge >= 0.3 is 11.9 Å². The number of fused-ring (bicyclic) bond motifs is 2. The summed E-state index contributed by atoms with van der Waals surface area (Å²) in [5.41, 5.74) is 4.70. The highest BCUT2D eigenvalue weighted by Crippen LogP contribution is 2.31. The molecule has 3 atom stereocenters. The monoisotopic (exact) mass is 678 g/mol. The molecule has 0 amide bonds. The Hall–Kier alpha value is -3.10. The number of carbonyl (C=O) groups excluding carboxylic acids is 2. The first-order valence-corrected chi connectivity index (χ1v) is 19.4. The van der Waals surface area contributed by atoms with Crippen LogP contribution in [0.5, 0.6) is 0 Å². The predicted molar refractivity (Wildman–Crippen MR) is 197 cm³/mol. The molecule has 0 saturated heterocycles. The predicted octanol–water partition coefficient (Wildman–Crippen LogP) is 9.11. The van der Waals surface area contributed by atoms with Crippen molar-refractivity contribution >= 4 is 23.3 Å². The van der Waals surface area contributed by atoms with Crippen LogP contribution in [0.25, 0.3) is 0 Å². The van der Waals surface area contributed by atoms with Crippen molar-refractivity contribution < 1.29 is 29.3 Å². The molecule has 3 unspecified atom stereocenters. The van der Waals surface area contributed by atoms with Crippen molar-refractivity contribution in [1.29, 1.82) is 0 Å². The molecule has 4 N–H and O–H groups in total. The summed E-state index contributed by atoms with van der Waals surface area (Å²) in [5, 5.41) is 27.1. The number of hydrogen-bond donors (Lipinski definition) is 4. The molecule has 2 aliphatic heterocycles. The number of rotatable bonds is 24. The molecule has 272 valence electrons. The summed E-state index contributed by atoms with van der Waals surface area (Å²) in [7, 11) is 0. The van der Waals surface area contributed by atoms with Crippen LogP contribution in [0.3, 0.4) is 0 Å². The Labute approximate surface area is 294 Å². The van der Waals surface area contributed by atoms with E-state index in [2.05, 4.69) is 24.5 Å². The van der Waals surface area contributed by atoms with Crippen LogP contribution in [0.15, 0.2) is 36.4 Å². The van der Waals surface area contributed by atoms with Gasteiger partial charge in [0.05, 0.1) is 17.7 Å². The number of unbranched alkanes of at least 4 members (excludes halogenated alkanes) is 14. The van der Waals surface area contributed by atoms with Gasteiger partial charge in [-0.1, -0.05) is 129 Å². The number of benzene rings is 2. The minimum absolute atomic E-state index is 0.287. The molecule has 2 aliphatic rings. The van der Waals surface area contributed by atoms with Crippen LogP contribution in [0.4, 0.5) is 11.4 Å². The number of aliphatic hydroxyl groups excluding tert-OH is 2. The molecular formula is C41H62N2O6. The van der Waals surface area contributed by atoms with E-state index in [1.165, 1.54) is 103 Å². The van der Waals surface area contributed by atoms with Gasteiger partial charge in [0.25, 0.3) is 6.29 Å². The van der Waals surface area contributed by atoms with Crippen molar-refractivity contribution in [2.75, 3.05) is 17.2 Å². The molecule has 49 heavy (non-hydrogen) atoms. The number of hydrogen-bond acceptors (Lipinski definition) is 8. The van der Waals surface area contributed by atoms with Crippen LogP contribution in [-0.2, 0) is 22.3 Å². The van der Waals surface area contributed by atoms with E-state index in [0.29, 0.717) is 12.1 Å². The van der Waals surface area contributed by atoms with Crippen molar-refractivity contribution in [2.24, 2.45) is 0 Å². The van der Waals surface area contributed by atoms with E-state index in [1.807, 2.05) is 12.1 Å². The van der Waals surface area contributed by atoms with Gasteiger partial charge in [-0.2, -0.15) is 0 Å². The Balaban J connectivity index is 1.22. The molecule has 0 aromatic heterocycles. The molecule has 0 bridgehead atoms. The largest absolute Gasteiger partial charge is 0.419 e. The van der Waals surface area contributed by atoms with Gasteiger partial charge in [0.1, 0.15) is 0 Å². The normalized spacial score (nSPS) is 17.5. The number of anilines is 2. The second-order valence-electron chi connectivity index (χ2n) is 14.3. The van der Waals surface area contributed by atoms with Crippen molar-refractivity contribution in [1.82, 2.24) is 0 Å². The summed E-state index contributed by atoms with van der Waals surface area (Å²) in [6.07, 6.45) is 21.4. The SMILES string of the molecule is CCCCCCCCCCC1Cc2ccc(C(=O)OC(OC(=O)c3ccc4c(c3)NC(CCCCCCCCCC)C4)C(O)CO)cc2N1. The maximum absolute atomic E-state index is 13.1. The molecule has 4 rings (SSSR count). The second kappa shape index (κ2) is 21.2. The van der Waals surface area contributed by atoms with Crippen LogP contribution in [-0.4, -0.2) is 53.2 Å². The zero-order valence-electron chi connectivity index (χ0n) is 30.2. The lowest BCUT2D eigenvalue weighted by atomic mass is 10.0. The first-order chi connectivity index (χ1) is 23.9. The average molecular weight is 679 g/mol. The summed E-state index contributed by atoms with van der Waals surface area (Å²) in [6, 6.07) is 11.4. The summed E-state index contributed by atoms with van der Waals surface area (Å²) >= 11 is 0. The van der Waals surface area contributed by atoms with Crippen LogP contribution in [0.1, 0.15) is 161 Å². The molecule has 8 nitrogen and oxygen atoms in total. The molecule has 0 fully saturated rings. The van der Waals surface area contributed by atoms with Crippen molar-refractivity contribution in [3.63, 3.8) is 0 Å². The maximum Gasteiger partial charge on any atom is 0.341 e. The fraction of sp³-hybridized carbons (Fsp3) is 0.659. The van der Waals surface area contributed by atoms with E-state index in [1.54, 1.807) is 24.3 Å². The Morgan fingerprint density at radius 2 is 1.04 bits per heavy atom. The van der Waals surface area contributed by atoms with Gasteiger partial charge in [-0.3, -0.25) is 0 Å². The lowest BCUT2D eigenvalue weighted by Gasteiger charge is -2.22. The fourth-order valence-corrected chi connectivity index (χ4v) is 7.12. The molecule has 2 heterocycles. The number of ether oxygens (including phenoxy) is 2. The van der Waals surface area contributed by atoms with Gasteiger partial charge in [0.15, 0.2) is 6.10 Å². The molecule has 2 aromatic carbocycles. The first-order valence-electron chi connectivity index (χ1n) is 19.4. The van der Waals surface area contributed by atoms with Crippen LogP contribution in [0, 0.1) is 0 Å². The van der Waals surface area contributed by atoms with E-state index >= 15 is 0 Å². The quantitative estimate of drug-likeness (QED) is 0.0494. The summed E-state index contributed by atoms with van der Waals surface area (Å²) < 4.78 is 10.9. The van der Waals surface area contributed by atoms with Gasteiger partial charge in [0.2, 0.25) is 0 Å². The molecule has 0 saturated carbocycles. The van der Waals surface area contributed by atoms with Crippen molar-refractivity contribution in [2.45, 2.75) is 167 Å². The Kier molecular flexibility index (Phi) is 16.7. The van der Waals surface area contributed by atoms with Gasteiger partial charge in [-0.15, -0.1) is 0 Å². The maximum atomic E-state index is 13.1. The molecular weight excluding hydrogens is 616 g/mol. The highest BCUT2D eigenvalue weighted by Gasteiger charge is 2.30. The number of carbonyl (C=O) groups is 2. The lowest BCUT2D eigenvalue weighted by Crippen LogP contribution is -2.38. The Morgan fingerprint density at radius 3 is 1.43 bits per heavy atom. The van der Waals surface area contributed by atoms with E-state index < -0.39 is 30.9 Å². The third-order valence-electron chi connectivity index (χ3n) is 10.1. The lowest BCUT2D eigenvalue weighted by molar-refractivity contribution is -0.145. The highest BCUT2D eigenvalue weighted by molar-refractivity contribution is 5.93. The summed E-state index contributed by atoms with van der Waals surface area (Å²) in [6.45, 7) is 3.76. The zero-order chi connectivity index (χ0) is 34.8. The molecule has 0 aliphatic carbocycles. The molecule has 0 radical (unpaired) electrons. The molecule has 0 spiro atoms. The standard InChI is InChI=1S/C41H62N2O6/c1-3-5-7-9-11-13-15-17-19-34-25-30-21-23-32(27-36(30)42-34)39(46)48-41(38(45)29-44)49-40(47)33-24-22-31-26-35(43-37(31)28-33)20-18-16-14-12-10-8-6-4-2/h21-24,27-28,34-35,38,41-45H,3-20,25-26,29H2,1-2H3. The van der Waals surface area contributed by atoms with Crippen LogP contribution >= 0.6 is 0 Å². The second-order valence-corrected chi connectivity index (χ2v) is 14.3. The van der Waals surface area contributed by atoms with Gasteiger partial charge in [-0.05, 0) is 61.1 Å². The third-order valence-corrected chi connectivity index (χ3v) is 10.1. The van der Waals surface area contributed by atoms with Crippen LogP contribution in [0.2, 0.25) is 0 Å². The molecule has 2 aromatic rings. The minimum Gasteiger partial charge on any atom is -0.419 e. The van der Waals surface area contributed by atoms with E-state index in [-0.39, 0.29) is 11.1 Å². The topological polar surface area (TPSA) is 117 Å². The Bertz CT molecular complexity index is 1210.